The fourth-order valence-electron chi connectivity index (χ4n) is 6.29. The van der Waals surface area contributed by atoms with Crippen molar-refractivity contribution < 1.29 is 27.1 Å². The van der Waals surface area contributed by atoms with E-state index in [1.54, 1.807) is 12.1 Å². The molecule has 11 heteroatoms. The van der Waals surface area contributed by atoms with Gasteiger partial charge in [-0.05, 0) is 81.1 Å². The summed E-state index contributed by atoms with van der Waals surface area (Å²) in [7, 11) is 2.12. The van der Waals surface area contributed by atoms with Crippen molar-refractivity contribution >= 4 is 23.3 Å². The Bertz CT molecular complexity index is 1170. The van der Waals surface area contributed by atoms with E-state index < -0.39 is 12.2 Å². The summed E-state index contributed by atoms with van der Waals surface area (Å²) in [6.07, 6.45) is -1.38. The van der Waals surface area contributed by atoms with Crippen LogP contribution in [0.1, 0.15) is 31.2 Å². The minimum Gasteiger partial charge on any atom is -0.406 e. The van der Waals surface area contributed by atoms with Crippen LogP contribution in [0, 0.1) is 11.7 Å². The molecule has 1 saturated heterocycles. The highest BCUT2D eigenvalue weighted by Crippen LogP contribution is 2.65. The highest BCUT2D eigenvalue weighted by Gasteiger charge is 2.64. The molecule has 39 heavy (non-hydrogen) atoms. The Balaban J connectivity index is 1.28. The summed E-state index contributed by atoms with van der Waals surface area (Å²) in [6, 6.07) is 10.0. The van der Waals surface area contributed by atoms with Crippen molar-refractivity contribution in [3.63, 3.8) is 0 Å². The molecular formula is C28H33ClF4N4O2. The maximum atomic E-state index is 13.6. The zero-order valence-electron chi connectivity index (χ0n) is 21.8. The first kappa shape index (κ1) is 28.0. The van der Waals surface area contributed by atoms with Gasteiger partial charge in [-0.2, -0.15) is 0 Å². The van der Waals surface area contributed by atoms with Crippen molar-refractivity contribution in [1.82, 2.24) is 14.7 Å². The van der Waals surface area contributed by atoms with Crippen molar-refractivity contribution in [3.05, 3.63) is 58.9 Å². The molecule has 2 aromatic rings. The SMILES string of the molecule is CN1CCN(CCCN(C(=O)Nc2ccc(F)c(Cl)c2)[C@@H]2CC[C@]3(c4ccc(OC(F)(F)F)cc4)C[C@H]23)CC1. The second-order valence-corrected chi connectivity index (χ2v) is 11.3. The standard InChI is InChI=1S/C28H33ClF4N4O2/c1-35-13-15-36(16-14-35)11-2-12-37(26(38)34-20-5-8-24(30)23(29)17-20)25-9-10-27(18-22(25)27)19-3-6-21(7-4-19)39-28(31,32)33/h3-8,17,22,25H,2,9-16,18H2,1H3,(H,34,38)/t22-,25-,27-/m1/s1. The van der Waals surface area contributed by atoms with Crippen LogP contribution < -0.4 is 10.1 Å². The summed E-state index contributed by atoms with van der Waals surface area (Å²) in [5, 5.41) is 2.83. The number of anilines is 1. The molecule has 212 valence electrons. The topological polar surface area (TPSA) is 48.0 Å². The molecule has 0 unspecified atom stereocenters. The first-order valence-corrected chi connectivity index (χ1v) is 13.7. The van der Waals surface area contributed by atoms with Gasteiger partial charge in [0.2, 0.25) is 0 Å². The number of amides is 2. The molecule has 2 aliphatic carbocycles. The molecular weight excluding hydrogens is 536 g/mol. The molecule has 0 bridgehead atoms. The highest BCUT2D eigenvalue weighted by molar-refractivity contribution is 6.31. The second kappa shape index (κ2) is 11.1. The Labute approximate surface area is 230 Å². The van der Waals surface area contributed by atoms with Gasteiger partial charge >= 0.3 is 12.4 Å². The third kappa shape index (κ3) is 6.44. The monoisotopic (exact) mass is 568 g/mol. The van der Waals surface area contributed by atoms with Crippen LogP contribution in [0.2, 0.25) is 5.02 Å². The van der Waals surface area contributed by atoms with Gasteiger partial charge in [0.25, 0.3) is 0 Å². The number of urea groups is 1. The molecule has 6 nitrogen and oxygen atoms in total. The molecule has 1 aliphatic heterocycles. The molecule has 2 amide bonds. The van der Waals surface area contributed by atoms with E-state index in [4.69, 9.17) is 11.6 Å². The van der Waals surface area contributed by atoms with Gasteiger partial charge in [-0.1, -0.05) is 23.7 Å². The molecule has 0 spiro atoms. The molecule has 0 radical (unpaired) electrons. The zero-order valence-corrected chi connectivity index (χ0v) is 22.6. The molecule has 5 rings (SSSR count). The van der Waals surface area contributed by atoms with Crippen LogP contribution in [-0.2, 0) is 5.41 Å². The average Bonchev–Trinajstić information content (AvgIpc) is 3.50. The van der Waals surface area contributed by atoms with Gasteiger partial charge in [0.1, 0.15) is 11.6 Å². The summed E-state index contributed by atoms with van der Waals surface area (Å²) in [6.45, 7) is 5.51. The van der Waals surface area contributed by atoms with Crippen LogP contribution >= 0.6 is 11.6 Å². The van der Waals surface area contributed by atoms with E-state index in [2.05, 4.69) is 26.9 Å². The number of carbonyl (C=O) groups excluding carboxylic acids is 1. The highest BCUT2D eigenvalue weighted by atomic mass is 35.5. The molecule has 0 aromatic heterocycles. The van der Waals surface area contributed by atoms with Crippen LogP contribution in [0.4, 0.5) is 28.0 Å². The number of piperazine rings is 1. The lowest BCUT2D eigenvalue weighted by Gasteiger charge is -2.34. The predicted molar refractivity (Wildman–Crippen MR) is 142 cm³/mol. The van der Waals surface area contributed by atoms with Gasteiger partial charge in [-0.15, -0.1) is 13.2 Å². The maximum absolute atomic E-state index is 13.6. The van der Waals surface area contributed by atoms with Gasteiger partial charge in [0.15, 0.2) is 0 Å². The van der Waals surface area contributed by atoms with Crippen molar-refractivity contribution in [3.8, 4) is 5.75 Å². The Morgan fingerprint density at radius 3 is 2.51 bits per heavy atom. The number of nitrogens with one attached hydrogen (secondary N) is 1. The Morgan fingerprint density at radius 2 is 1.87 bits per heavy atom. The fourth-order valence-corrected chi connectivity index (χ4v) is 6.47. The van der Waals surface area contributed by atoms with Gasteiger partial charge < -0.3 is 24.8 Å². The third-order valence-corrected chi connectivity index (χ3v) is 8.74. The van der Waals surface area contributed by atoms with E-state index in [1.807, 2.05) is 4.90 Å². The Hall–Kier alpha value is -2.56. The van der Waals surface area contributed by atoms with Crippen LogP contribution in [0.5, 0.6) is 5.75 Å². The Kier molecular flexibility index (Phi) is 7.99. The number of ether oxygens (including phenoxy) is 1. The summed E-state index contributed by atoms with van der Waals surface area (Å²) < 4.78 is 55.4. The van der Waals surface area contributed by atoms with Crippen LogP contribution in [-0.4, -0.2) is 79.5 Å². The van der Waals surface area contributed by atoms with Crippen molar-refractivity contribution in [2.75, 3.05) is 51.6 Å². The number of hydrogen-bond donors (Lipinski definition) is 1. The van der Waals surface area contributed by atoms with Gasteiger partial charge in [-0.25, -0.2) is 9.18 Å². The van der Waals surface area contributed by atoms with Crippen LogP contribution in [0.25, 0.3) is 0 Å². The molecule has 1 heterocycles. The van der Waals surface area contributed by atoms with Gasteiger partial charge in [-0.3, -0.25) is 0 Å². The number of nitrogens with zero attached hydrogens (tertiary/aromatic N) is 3. The number of halogens is 5. The van der Waals surface area contributed by atoms with Crippen LogP contribution in [0.3, 0.4) is 0 Å². The molecule has 2 saturated carbocycles. The van der Waals surface area contributed by atoms with E-state index in [-0.39, 0.29) is 34.2 Å². The Morgan fingerprint density at radius 1 is 1.15 bits per heavy atom. The first-order chi connectivity index (χ1) is 18.5. The van der Waals surface area contributed by atoms with Crippen molar-refractivity contribution in [2.45, 2.75) is 43.5 Å². The van der Waals surface area contributed by atoms with E-state index in [1.165, 1.54) is 30.3 Å². The molecule has 3 fully saturated rings. The molecule has 1 N–H and O–H groups in total. The average molecular weight is 569 g/mol. The number of carbonyl (C=O) groups is 1. The van der Waals surface area contributed by atoms with E-state index in [9.17, 15) is 22.4 Å². The van der Waals surface area contributed by atoms with Crippen molar-refractivity contribution in [1.29, 1.82) is 0 Å². The van der Waals surface area contributed by atoms with E-state index in [0.29, 0.717) is 12.2 Å². The van der Waals surface area contributed by atoms with Gasteiger partial charge in [0, 0.05) is 49.9 Å². The summed E-state index contributed by atoms with van der Waals surface area (Å²) in [5.74, 6) is -0.570. The van der Waals surface area contributed by atoms with E-state index in [0.717, 1.165) is 64.0 Å². The minimum atomic E-state index is -4.73. The summed E-state index contributed by atoms with van der Waals surface area (Å²) >= 11 is 5.93. The quantitative estimate of drug-likeness (QED) is 0.399. The molecule has 3 atom stereocenters. The number of alkyl halides is 3. The second-order valence-electron chi connectivity index (χ2n) is 10.9. The number of hydrogen-bond acceptors (Lipinski definition) is 4. The minimum absolute atomic E-state index is 0.000453. The fraction of sp³-hybridized carbons (Fsp3) is 0.536. The van der Waals surface area contributed by atoms with Gasteiger partial charge in [0.05, 0.1) is 5.02 Å². The summed E-state index contributed by atoms with van der Waals surface area (Å²) in [5.41, 5.74) is 1.26. The molecule has 2 aromatic carbocycles. The lowest BCUT2D eigenvalue weighted by molar-refractivity contribution is -0.274. The van der Waals surface area contributed by atoms with E-state index >= 15 is 0 Å². The molecule has 3 aliphatic rings. The smallest absolute Gasteiger partial charge is 0.406 e. The maximum Gasteiger partial charge on any atom is 0.573 e. The number of rotatable bonds is 8. The number of benzene rings is 2. The largest absolute Gasteiger partial charge is 0.573 e. The predicted octanol–water partition coefficient (Wildman–Crippen LogP) is 5.97. The normalized spacial score (nSPS) is 25.3. The third-order valence-electron chi connectivity index (χ3n) is 8.45. The summed E-state index contributed by atoms with van der Waals surface area (Å²) in [4.78, 5) is 20.2. The van der Waals surface area contributed by atoms with Crippen molar-refractivity contribution in [2.24, 2.45) is 5.92 Å². The van der Waals surface area contributed by atoms with Crippen LogP contribution in [0.15, 0.2) is 42.5 Å². The number of fused-ring (bicyclic) bond motifs is 1. The first-order valence-electron chi connectivity index (χ1n) is 13.3. The zero-order chi connectivity index (χ0) is 27.8. The number of likely N-dealkylation sites (N-methyl/N-ethyl adjacent to an activating group) is 1. The lowest BCUT2D eigenvalue weighted by atomic mass is 9.93. The lowest BCUT2D eigenvalue weighted by Crippen LogP contribution is -2.47.